The second-order valence-corrected chi connectivity index (χ2v) is 15.7. The zero-order valence-corrected chi connectivity index (χ0v) is 33.5. The molecule has 324 valence electrons. The number of aliphatic hydroxyl groups is 1. The summed E-state index contributed by atoms with van der Waals surface area (Å²) in [6.07, 6.45) is -6.48. The lowest BCUT2D eigenvalue weighted by molar-refractivity contribution is -0.214. The Morgan fingerprint density at radius 2 is 1.55 bits per heavy atom. The van der Waals surface area contributed by atoms with Gasteiger partial charge in [-0.05, 0) is 22.8 Å². The van der Waals surface area contributed by atoms with Crippen LogP contribution in [-0.4, -0.2) is 108 Å². The molecule has 4 aromatic carbocycles. The molecule has 4 fully saturated rings. The van der Waals surface area contributed by atoms with Gasteiger partial charge in [0.25, 0.3) is 0 Å². The number of hydrogen-bond donors (Lipinski definition) is 2. The molecule has 13 nitrogen and oxygen atoms in total. The van der Waals surface area contributed by atoms with E-state index in [-0.39, 0.29) is 32.5 Å². The van der Waals surface area contributed by atoms with Crippen LogP contribution in [0, 0.1) is 5.41 Å². The van der Waals surface area contributed by atoms with Crippen LogP contribution in [0.5, 0.6) is 0 Å². The Kier molecular flexibility index (Phi) is 12.0. The van der Waals surface area contributed by atoms with Crippen LogP contribution < -0.4 is 5.32 Å². The number of rotatable bonds is 14. The van der Waals surface area contributed by atoms with E-state index in [2.05, 4.69) is 10.1 Å². The zero-order valence-electron chi connectivity index (χ0n) is 33.5. The molecule has 2 N–H and O–H groups in total. The van der Waals surface area contributed by atoms with Gasteiger partial charge in [0.05, 0.1) is 13.2 Å². The second kappa shape index (κ2) is 17.5. The van der Waals surface area contributed by atoms with Gasteiger partial charge in [-0.1, -0.05) is 115 Å². The Hall–Kier alpha value is -5.91. The Balaban J connectivity index is 1.18. The average Bonchev–Trinajstić information content (AvgIpc) is 3.86. The van der Waals surface area contributed by atoms with E-state index in [9.17, 15) is 32.7 Å². The summed E-state index contributed by atoms with van der Waals surface area (Å²) in [4.78, 5) is 64.2. The third kappa shape index (κ3) is 8.23. The number of carbonyl (C=O) groups excluding carboxylic acids is 4. The topological polar surface area (TPSA) is 153 Å². The SMILES string of the molecule is CN(C(=O)[C@@]12C[C@H]3OC(=O)[C@@H]1N(Cc1cccc(C=CC(=O)OCC(F)(F)F)c1)O[C@@H]2[C@H]1OC(c2ccccc2)(c2ccccc2)O[C@H]13)[C@H](Cc1ccccc1)C(=O)NCCO. The number of carbonyl (C=O) groups is 4. The van der Waals surface area contributed by atoms with E-state index in [0.717, 1.165) is 11.6 Å². The monoisotopic (exact) mass is 855 g/mol. The highest BCUT2D eigenvalue weighted by Gasteiger charge is 2.77. The molecule has 4 aliphatic rings. The van der Waals surface area contributed by atoms with E-state index in [0.29, 0.717) is 22.3 Å². The van der Waals surface area contributed by atoms with E-state index in [1.54, 1.807) is 24.3 Å². The van der Waals surface area contributed by atoms with E-state index >= 15 is 4.79 Å². The lowest BCUT2D eigenvalue weighted by atomic mass is 9.62. The van der Waals surface area contributed by atoms with Crippen molar-refractivity contribution < 1.29 is 61.2 Å². The molecule has 0 spiro atoms. The summed E-state index contributed by atoms with van der Waals surface area (Å²) >= 11 is 0. The number of halogens is 3. The smallest absolute Gasteiger partial charge is 0.422 e. The Labute approximate surface area is 354 Å². The molecular weight excluding hydrogens is 812 g/mol. The Morgan fingerprint density at radius 1 is 0.919 bits per heavy atom. The number of amides is 2. The van der Waals surface area contributed by atoms with Gasteiger partial charge in [0.15, 0.2) is 12.6 Å². The number of fused-ring (bicyclic) bond motifs is 4. The average molecular weight is 856 g/mol. The van der Waals surface area contributed by atoms with Gasteiger partial charge >= 0.3 is 18.1 Å². The summed E-state index contributed by atoms with van der Waals surface area (Å²) in [5.74, 6) is -4.52. The van der Waals surface area contributed by atoms with Gasteiger partial charge in [-0.2, -0.15) is 18.2 Å². The standard InChI is InChI=1S/C46H44F3N3O10/c1-51(34(41(55)50-22-23-53)25-29-12-5-2-6-13-29)43(57)44-26-35-37-38(61-46(60-37,32-16-7-3-8-17-32)33-18-9-4-10-19-33)40(44)62-52(39(44)42(56)59-35)27-31-15-11-14-30(24-31)20-21-36(54)58-28-45(47,48)49/h2-21,24,34-35,37-40,53H,22-23,25-28H2,1H3,(H,50,55)/t34-,35-,37+,38+,39+,40-,44+/m1/s1. The number of esters is 2. The minimum atomic E-state index is -4.68. The molecule has 4 aromatic rings. The number of nitrogens with one attached hydrogen (secondary N) is 1. The van der Waals surface area contributed by atoms with Crippen LogP contribution in [0.1, 0.15) is 34.2 Å². The molecular formula is C46H44F3N3O10. The first-order valence-corrected chi connectivity index (χ1v) is 20.1. The maximum atomic E-state index is 15.6. The molecule has 3 aliphatic heterocycles. The first-order valence-electron chi connectivity index (χ1n) is 20.1. The fraction of sp³-hybridized carbons (Fsp3) is 0.348. The number of hydrogen-bond acceptors (Lipinski definition) is 11. The molecule has 7 atom stereocenters. The lowest BCUT2D eigenvalue weighted by Crippen LogP contribution is -2.70. The second-order valence-electron chi connectivity index (χ2n) is 15.7. The molecule has 3 heterocycles. The maximum absolute atomic E-state index is 15.6. The Morgan fingerprint density at radius 3 is 2.19 bits per heavy atom. The lowest BCUT2D eigenvalue weighted by Gasteiger charge is -2.50. The predicted molar refractivity (Wildman–Crippen MR) is 214 cm³/mol. The van der Waals surface area contributed by atoms with Crippen molar-refractivity contribution in [3.8, 4) is 0 Å². The fourth-order valence-electron chi connectivity index (χ4n) is 9.02. The van der Waals surface area contributed by atoms with Crippen LogP contribution >= 0.6 is 0 Å². The van der Waals surface area contributed by atoms with Gasteiger partial charge < -0.3 is 34.3 Å². The van der Waals surface area contributed by atoms with Gasteiger partial charge in [0, 0.05) is 43.6 Å². The van der Waals surface area contributed by atoms with Gasteiger partial charge in [-0.25, -0.2) is 4.79 Å². The van der Waals surface area contributed by atoms with Gasteiger partial charge in [0.2, 0.25) is 17.6 Å². The quantitative estimate of drug-likeness (QED) is 0.137. The van der Waals surface area contributed by atoms with Crippen molar-refractivity contribution in [1.82, 2.24) is 15.3 Å². The highest BCUT2D eigenvalue weighted by atomic mass is 19.4. The van der Waals surface area contributed by atoms with Gasteiger partial charge in [-0.15, -0.1) is 0 Å². The highest BCUT2D eigenvalue weighted by Crippen LogP contribution is 2.59. The molecule has 2 bridgehead atoms. The molecule has 0 aromatic heterocycles. The predicted octanol–water partition coefficient (Wildman–Crippen LogP) is 4.47. The summed E-state index contributed by atoms with van der Waals surface area (Å²) in [5, 5.41) is 13.7. The van der Waals surface area contributed by atoms with Crippen molar-refractivity contribution in [2.24, 2.45) is 5.41 Å². The molecule has 0 unspecified atom stereocenters. The Bertz CT molecular complexity index is 2260. The third-order valence-electron chi connectivity index (χ3n) is 11.7. The molecule has 3 saturated heterocycles. The number of aliphatic hydroxyl groups excluding tert-OH is 1. The van der Waals surface area contributed by atoms with Crippen LogP contribution in [0.3, 0.4) is 0 Å². The summed E-state index contributed by atoms with van der Waals surface area (Å²) in [5.41, 5.74) is 1.37. The normalized spacial score (nSPS) is 25.4. The minimum absolute atomic E-state index is 0.0446. The third-order valence-corrected chi connectivity index (χ3v) is 11.7. The van der Waals surface area contributed by atoms with Crippen molar-refractivity contribution in [3.05, 3.63) is 149 Å². The summed E-state index contributed by atoms with van der Waals surface area (Å²) in [6, 6.07) is 31.9. The van der Waals surface area contributed by atoms with Crippen LogP contribution in [0.15, 0.2) is 121 Å². The first kappa shape index (κ1) is 42.8. The van der Waals surface area contributed by atoms with Crippen LogP contribution in [0.2, 0.25) is 0 Å². The number of nitrogens with zero attached hydrogens (tertiary/aromatic N) is 2. The van der Waals surface area contributed by atoms with Crippen LogP contribution in [0.4, 0.5) is 13.2 Å². The fourth-order valence-corrected chi connectivity index (χ4v) is 9.02. The van der Waals surface area contributed by atoms with Crippen LogP contribution in [-0.2, 0) is 61.7 Å². The zero-order chi connectivity index (χ0) is 43.6. The van der Waals surface area contributed by atoms with Crippen molar-refractivity contribution in [2.45, 2.75) is 67.8 Å². The van der Waals surface area contributed by atoms with Gasteiger partial charge in [0.1, 0.15) is 35.9 Å². The largest absolute Gasteiger partial charge is 0.458 e. The minimum Gasteiger partial charge on any atom is -0.458 e. The molecule has 1 aliphatic carbocycles. The summed E-state index contributed by atoms with van der Waals surface area (Å²) in [7, 11) is 1.51. The van der Waals surface area contributed by atoms with Crippen molar-refractivity contribution in [1.29, 1.82) is 0 Å². The van der Waals surface area contributed by atoms with E-state index in [1.807, 2.05) is 91.0 Å². The molecule has 2 amide bonds. The van der Waals surface area contributed by atoms with Gasteiger partial charge in [-0.3, -0.25) is 19.2 Å². The van der Waals surface area contributed by atoms with Crippen molar-refractivity contribution >= 4 is 29.8 Å². The van der Waals surface area contributed by atoms with E-state index in [4.69, 9.17) is 19.0 Å². The number of benzene rings is 4. The van der Waals surface area contributed by atoms with Crippen molar-refractivity contribution in [3.63, 3.8) is 0 Å². The maximum Gasteiger partial charge on any atom is 0.422 e. The molecule has 1 saturated carbocycles. The number of alkyl halides is 3. The molecule has 0 radical (unpaired) electrons. The van der Waals surface area contributed by atoms with E-state index < -0.39 is 84.2 Å². The summed E-state index contributed by atoms with van der Waals surface area (Å²) in [6.45, 7) is -2.19. The van der Waals surface area contributed by atoms with E-state index in [1.165, 1.54) is 23.1 Å². The number of hydroxylamine groups is 2. The highest BCUT2D eigenvalue weighted by molar-refractivity contribution is 5.96. The molecule has 16 heteroatoms. The number of likely N-dealkylation sites (N-methyl/N-ethyl adjacent to an activating group) is 1. The summed E-state index contributed by atoms with van der Waals surface area (Å²) < 4.78 is 62.3. The first-order chi connectivity index (χ1) is 29.8. The van der Waals surface area contributed by atoms with Crippen molar-refractivity contribution in [2.75, 3.05) is 26.8 Å². The number of ether oxygens (including phenoxy) is 4. The molecule has 8 rings (SSSR count). The molecule has 62 heavy (non-hydrogen) atoms. The van der Waals surface area contributed by atoms with Crippen LogP contribution in [0.25, 0.3) is 6.08 Å².